The molecule has 1 unspecified atom stereocenters. The molecule has 3 rings (SSSR count). The van der Waals surface area contributed by atoms with E-state index < -0.39 is 17.0 Å². The van der Waals surface area contributed by atoms with Gasteiger partial charge in [0, 0.05) is 18.0 Å². The molecule has 2 aliphatic heterocycles. The van der Waals surface area contributed by atoms with Crippen LogP contribution in [0.3, 0.4) is 0 Å². The molecule has 0 saturated carbocycles. The minimum absolute atomic E-state index is 0.133. The third kappa shape index (κ3) is 2.32. The summed E-state index contributed by atoms with van der Waals surface area (Å²) in [5, 5.41) is 6.27. The Morgan fingerprint density at radius 3 is 2.82 bits per heavy atom. The molecule has 1 aromatic rings. The minimum atomic E-state index is -1.07. The van der Waals surface area contributed by atoms with E-state index in [-0.39, 0.29) is 11.9 Å². The molecule has 5 nitrogen and oxygen atoms in total. The van der Waals surface area contributed by atoms with E-state index in [0.29, 0.717) is 23.7 Å². The molecule has 0 fully saturated rings. The van der Waals surface area contributed by atoms with Crippen LogP contribution < -0.4 is 15.4 Å². The monoisotopic (exact) mass is 305 g/mol. The molecule has 22 heavy (non-hydrogen) atoms. The van der Waals surface area contributed by atoms with Gasteiger partial charge in [-0.15, -0.1) is 0 Å². The molecule has 1 amide bonds. The number of halogens is 1. The first-order valence-electron chi connectivity index (χ1n) is 7.39. The summed E-state index contributed by atoms with van der Waals surface area (Å²) in [6, 6.07) is 4.38. The largest absolute Gasteiger partial charge is 0.487 e. The number of guanidine groups is 1. The van der Waals surface area contributed by atoms with Crippen LogP contribution in [0.25, 0.3) is 0 Å². The summed E-state index contributed by atoms with van der Waals surface area (Å²) in [6.45, 7) is 7.73. The van der Waals surface area contributed by atoms with Gasteiger partial charge in [0.05, 0.1) is 0 Å². The molecule has 2 aliphatic rings. The van der Waals surface area contributed by atoms with E-state index in [1.54, 1.807) is 6.07 Å². The van der Waals surface area contributed by atoms with Gasteiger partial charge in [0.15, 0.2) is 5.54 Å². The van der Waals surface area contributed by atoms with Gasteiger partial charge in [-0.3, -0.25) is 4.79 Å². The normalized spacial score (nSPS) is 25.5. The number of nitrogens with zero attached hydrogens (tertiary/aromatic N) is 1. The van der Waals surface area contributed by atoms with E-state index in [2.05, 4.69) is 15.6 Å². The molecule has 0 aliphatic carbocycles. The number of carbonyl (C=O) groups is 1. The van der Waals surface area contributed by atoms with E-state index in [0.717, 1.165) is 0 Å². The molecule has 0 aromatic heterocycles. The predicted octanol–water partition coefficient (Wildman–Crippen LogP) is 2.07. The summed E-state index contributed by atoms with van der Waals surface area (Å²) < 4.78 is 19.6. The van der Waals surface area contributed by atoms with Crippen LogP contribution in [0.2, 0.25) is 0 Å². The molecule has 1 aromatic carbocycles. The number of benzene rings is 1. The van der Waals surface area contributed by atoms with Crippen LogP contribution in [0.5, 0.6) is 5.75 Å². The smallest absolute Gasteiger partial charge is 0.279 e. The Labute approximate surface area is 129 Å². The Morgan fingerprint density at radius 1 is 1.41 bits per heavy atom. The van der Waals surface area contributed by atoms with Gasteiger partial charge in [-0.1, -0.05) is 0 Å². The van der Waals surface area contributed by atoms with Gasteiger partial charge < -0.3 is 15.4 Å². The highest BCUT2D eigenvalue weighted by atomic mass is 19.1. The maximum Gasteiger partial charge on any atom is 0.279 e. The van der Waals surface area contributed by atoms with Crippen molar-refractivity contribution in [1.82, 2.24) is 10.6 Å². The SMILES string of the molecule is CC(C)NC1=NC(=O)C2(CC(C)(C)Oc3ccc(F)cc32)N1. The Bertz CT molecular complexity index is 669. The number of hydrogen-bond donors (Lipinski definition) is 2. The summed E-state index contributed by atoms with van der Waals surface area (Å²) in [4.78, 5) is 16.7. The standard InChI is InChI=1S/C16H20FN3O2/c1-9(2)18-14-19-13(21)16(20-14)8-15(3,4)22-12-6-5-10(17)7-11(12)16/h5-7,9H,8H2,1-4H3,(H2,18,19,20,21). The highest BCUT2D eigenvalue weighted by Crippen LogP contribution is 2.45. The second-order valence-electron chi connectivity index (χ2n) is 6.77. The third-order valence-corrected chi connectivity index (χ3v) is 3.81. The van der Waals surface area contributed by atoms with Gasteiger partial charge in [-0.25, -0.2) is 4.39 Å². The fourth-order valence-corrected chi connectivity index (χ4v) is 3.12. The first-order chi connectivity index (χ1) is 10.2. The second-order valence-corrected chi connectivity index (χ2v) is 6.77. The van der Waals surface area contributed by atoms with Crippen LogP contribution in [0.1, 0.15) is 39.7 Å². The van der Waals surface area contributed by atoms with Gasteiger partial charge in [0.1, 0.15) is 17.2 Å². The molecule has 1 atom stereocenters. The Kier molecular flexibility index (Phi) is 3.16. The molecule has 2 N–H and O–H groups in total. The highest BCUT2D eigenvalue weighted by Gasteiger charge is 2.54. The van der Waals surface area contributed by atoms with E-state index in [4.69, 9.17) is 4.74 Å². The van der Waals surface area contributed by atoms with E-state index in [9.17, 15) is 9.18 Å². The van der Waals surface area contributed by atoms with Crippen molar-refractivity contribution in [2.75, 3.05) is 0 Å². The van der Waals surface area contributed by atoms with Gasteiger partial charge in [-0.05, 0) is 45.9 Å². The van der Waals surface area contributed by atoms with Crippen molar-refractivity contribution in [3.05, 3.63) is 29.6 Å². The van der Waals surface area contributed by atoms with Crippen molar-refractivity contribution in [3.8, 4) is 5.75 Å². The summed E-state index contributed by atoms with van der Waals surface area (Å²) in [6.07, 6.45) is 0.377. The van der Waals surface area contributed by atoms with Gasteiger partial charge >= 0.3 is 0 Å². The first-order valence-corrected chi connectivity index (χ1v) is 7.39. The number of fused-ring (bicyclic) bond motifs is 2. The lowest BCUT2D eigenvalue weighted by atomic mass is 9.77. The lowest BCUT2D eigenvalue weighted by Crippen LogP contribution is -2.56. The van der Waals surface area contributed by atoms with Crippen LogP contribution in [0.4, 0.5) is 4.39 Å². The van der Waals surface area contributed by atoms with Crippen molar-refractivity contribution >= 4 is 11.9 Å². The molecular weight excluding hydrogens is 285 g/mol. The average Bonchev–Trinajstić information content (AvgIpc) is 2.65. The Balaban J connectivity index is 2.07. The number of aliphatic imine (C=N–C) groups is 1. The molecule has 118 valence electrons. The van der Waals surface area contributed by atoms with E-state index >= 15 is 0 Å². The molecule has 2 heterocycles. The second kappa shape index (κ2) is 4.69. The van der Waals surface area contributed by atoms with Crippen molar-refractivity contribution in [2.45, 2.75) is 51.3 Å². The zero-order chi connectivity index (χ0) is 16.1. The molecule has 0 saturated heterocycles. The number of hydrogen-bond acceptors (Lipinski definition) is 4. The molecule has 6 heteroatoms. The number of nitrogens with one attached hydrogen (secondary N) is 2. The van der Waals surface area contributed by atoms with Crippen LogP contribution in [0, 0.1) is 5.82 Å². The zero-order valence-electron chi connectivity index (χ0n) is 13.2. The van der Waals surface area contributed by atoms with Gasteiger partial charge in [0.25, 0.3) is 5.91 Å². The van der Waals surface area contributed by atoms with Gasteiger partial charge in [0.2, 0.25) is 5.96 Å². The summed E-state index contributed by atoms with van der Waals surface area (Å²) in [5.74, 6) is 0.215. The van der Waals surface area contributed by atoms with Crippen molar-refractivity contribution < 1.29 is 13.9 Å². The van der Waals surface area contributed by atoms with Crippen LogP contribution in [-0.4, -0.2) is 23.5 Å². The summed E-state index contributed by atoms with van der Waals surface area (Å²) in [7, 11) is 0. The molecule has 0 radical (unpaired) electrons. The minimum Gasteiger partial charge on any atom is -0.487 e. The van der Waals surface area contributed by atoms with Gasteiger partial charge in [-0.2, -0.15) is 4.99 Å². The Morgan fingerprint density at radius 2 is 2.14 bits per heavy atom. The first kappa shape index (κ1) is 14.8. The van der Waals surface area contributed by atoms with Crippen molar-refractivity contribution in [2.24, 2.45) is 4.99 Å². The van der Waals surface area contributed by atoms with Crippen LogP contribution in [-0.2, 0) is 10.3 Å². The van der Waals surface area contributed by atoms with Crippen molar-refractivity contribution in [3.63, 3.8) is 0 Å². The highest BCUT2D eigenvalue weighted by molar-refractivity contribution is 6.06. The Hall–Kier alpha value is -2.11. The molecular formula is C16H20FN3O2. The van der Waals surface area contributed by atoms with E-state index in [1.807, 2.05) is 27.7 Å². The van der Waals surface area contributed by atoms with E-state index in [1.165, 1.54) is 12.1 Å². The average molecular weight is 305 g/mol. The van der Waals surface area contributed by atoms with Crippen LogP contribution >= 0.6 is 0 Å². The third-order valence-electron chi connectivity index (χ3n) is 3.81. The van der Waals surface area contributed by atoms with Crippen LogP contribution in [0.15, 0.2) is 23.2 Å². The predicted molar refractivity (Wildman–Crippen MR) is 81.3 cm³/mol. The molecule has 1 spiro atoms. The number of ether oxygens (including phenoxy) is 1. The zero-order valence-corrected chi connectivity index (χ0v) is 13.2. The fourth-order valence-electron chi connectivity index (χ4n) is 3.12. The lowest BCUT2D eigenvalue weighted by Gasteiger charge is -2.42. The number of rotatable bonds is 1. The molecule has 0 bridgehead atoms. The quantitative estimate of drug-likeness (QED) is 0.834. The van der Waals surface area contributed by atoms with Crippen molar-refractivity contribution in [1.29, 1.82) is 0 Å². The topological polar surface area (TPSA) is 62.7 Å². The number of amides is 1. The number of carbonyl (C=O) groups excluding carboxylic acids is 1. The maximum atomic E-state index is 13.7. The maximum absolute atomic E-state index is 13.7. The summed E-state index contributed by atoms with van der Waals surface area (Å²) >= 11 is 0. The summed E-state index contributed by atoms with van der Waals surface area (Å²) in [5.41, 5.74) is -1.13. The lowest BCUT2D eigenvalue weighted by molar-refractivity contribution is -0.126. The fraction of sp³-hybridized carbons (Fsp3) is 0.500.